The Hall–Kier alpha value is -0.620. The molecule has 0 aliphatic carbocycles. The van der Waals surface area contributed by atoms with Crippen molar-refractivity contribution in [2.75, 3.05) is 20.6 Å². The van der Waals surface area contributed by atoms with E-state index >= 15 is 0 Å². The van der Waals surface area contributed by atoms with Gasteiger partial charge in [0.2, 0.25) is 5.16 Å². The highest BCUT2D eigenvalue weighted by molar-refractivity contribution is 7.99. The summed E-state index contributed by atoms with van der Waals surface area (Å²) in [5.41, 5.74) is 0. The summed E-state index contributed by atoms with van der Waals surface area (Å²) in [6.07, 6.45) is 2.29. The Bertz CT molecular complexity index is 236. The topological polar surface area (TPSA) is 57.7 Å². The zero-order valence-corrected chi connectivity index (χ0v) is 9.71. The van der Waals surface area contributed by atoms with Crippen molar-refractivity contribution < 1.29 is 0 Å². The molecule has 5 nitrogen and oxygen atoms in total. The molecule has 1 aromatic heterocycles. The first-order valence-electron chi connectivity index (χ1n) is 4.77. The number of rotatable bonds is 6. The Balaban J connectivity index is 2.32. The molecule has 0 aliphatic rings. The van der Waals surface area contributed by atoms with E-state index in [2.05, 4.69) is 46.5 Å². The molecule has 0 aliphatic heterocycles. The normalized spacial score (nSPS) is 13.4. The van der Waals surface area contributed by atoms with Crippen LogP contribution in [0.5, 0.6) is 0 Å². The molecule has 0 spiro atoms. The molecule has 1 unspecified atom stereocenters. The lowest BCUT2D eigenvalue weighted by molar-refractivity contribution is 0.396. The SMILES string of the molecule is CCC(CCN(C)C)Sc1nn[nH]n1. The van der Waals surface area contributed by atoms with Gasteiger partial charge >= 0.3 is 0 Å². The minimum Gasteiger partial charge on any atom is -0.309 e. The van der Waals surface area contributed by atoms with Crippen LogP contribution in [0.15, 0.2) is 5.16 Å². The third-order valence-corrected chi connectivity index (χ3v) is 3.24. The van der Waals surface area contributed by atoms with Crippen LogP contribution in [0, 0.1) is 0 Å². The fourth-order valence-electron chi connectivity index (χ4n) is 1.10. The molecular formula is C8H17N5S. The Morgan fingerprint density at radius 1 is 1.50 bits per heavy atom. The standard InChI is InChI=1S/C8H17N5S/c1-4-7(5-6-13(2)3)14-8-9-11-12-10-8/h7H,4-6H2,1-3H3,(H,9,10,11,12). The van der Waals surface area contributed by atoms with Gasteiger partial charge in [-0.3, -0.25) is 0 Å². The number of hydrogen-bond donors (Lipinski definition) is 1. The average Bonchev–Trinajstić information content (AvgIpc) is 2.64. The fourth-order valence-corrected chi connectivity index (χ4v) is 1.97. The summed E-state index contributed by atoms with van der Waals surface area (Å²) >= 11 is 1.69. The van der Waals surface area contributed by atoms with Crippen LogP contribution in [0.25, 0.3) is 0 Å². The number of nitrogens with zero attached hydrogens (tertiary/aromatic N) is 4. The van der Waals surface area contributed by atoms with Crippen molar-refractivity contribution in [3.8, 4) is 0 Å². The molecule has 1 N–H and O–H groups in total. The molecule has 0 amide bonds. The maximum absolute atomic E-state index is 3.93. The van der Waals surface area contributed by atoms with Gasteiger partial charge in [0.15, 0.2) is 0 Å². The highest BCUT2D eigenvalue weighted by Gasteiger charge is 2.11. The minimum atomic E-state index is 0.579. The molecule has 1 aromatic rings. The van der Waals surface area contributed by atoms with E-state index in [1.807, 2.05) is 0 Å². The molecule has 80 valence electrons. The summed E-state index contributed by atoms with van der Waals surface area (Å²) in [4.78, 5) is 2.19. The van der Waals surface area contributed by atoms with Crippen molar-refractivity contribution >= 4 is 11.8 Å². The molecule has 0 fully saturated rings. The van der Waals surface area contributed by atoms with Crippen molar-refractivity contribution in [2.45, 2.75) is 30.2 Å². The average molecular weight is 215 g/mol. The number of thioether (sulfide) groups is 1. The first kappa shape index (κ1) is 11.5. The lowest BCUT2D eigenvalue weighted by Crippen LogP contribution is -2.17. The predicted molar refractivity (Wildman–Crippen MR) is 57.3 cm³/mol. The van der Waals surface area contributed by atoms with Crippen LogP contribution in [0.4, 0.5) is 0 Å². The molecule has 0 aromatic carbocycles. The maximum atomic E-state index is 3.93. The van der Waals surface area contributed by atoms with Gasteiger partial charge < -0.3 is 4.90 Å². The van der Waals surface area contributed by atoms with Gasteiger partial charge in [0.1, 0.15) is 0 Å². The molecular weight excluding hydrogens is 198 g/mol. The third-order valence-electron chi connectivity index (χ3n) is 1.95. The zero-order valence-electron chi connectivity index (χ0n) is 8.90. The molecule has 1 rings (SSSR count). The lowest BCUT2D eigenvalue weighted by atomic mass is 10.2. The molecule has 1 atom stereocenters. The van der Waals surface area contributed by atoms with Crippen molar-refractivity contribution in [1.29, 1.82) is 0 Å². The first-order valence-corrected chi connectivity index (χ1v) is 5.65. The second-order valence-electron chi connectivity index (χ2n) is 3.43. The number of H-pyrrole nitrogens is 1. The van der Waals surface area contributed by atoms with Gasteiger partial charge in [-0.2, -0.15) is 5.21 Å². The number of tetrazole rings is 1. The molecule has 1 heterocycles. The molecule has 0 bridgehead atoms. The number of hydrogen-bond acceptors (Lipinski definition) is 5. The van der Waals surface area contributed by atoms with Gasteiger partial charge in [0.25, 0.3) is 0 Å². The highest BCUT2D eigenvalue weighted by Crippen LogP contribution is 2.23. The van der Waals surface area contributed by atoms with Crippen LogP contribution in [0.1, 0.15) is 19.8 Å². The van der Waals surface area contributed by atoms with Gasteiger partial charge in [-0.15, -0.1) is 10.2 Å². The number of nitrogens with one attached hydrogen (secondary N) is 1. The smallest absolute Gasteiger partial charge is 0.231 e. The van der Waals surface area contributed by atoms with E-state index in [-0.39, 0.29) is 0 Å². The van der Waals surface area contributed by atoms with Crippen LogP contribution < -0.4 is 0 Å². The zero-order chi connectivity index (χ0) is 10.4. The Morgan fingerprint density at radius 3 is 2.79 bits per heavy atom. The first-order chi connectivity index (χ1) is 6.72. The summed E-state index contributed by atoms with van der Waals surface area (Å²) < 4.78 is 0. The highest BCUT2D eigenvalue weighted by atomic mass is 32.2. The molecule has 0 saturated carbocycles. The van der Waals surface area contributed by atoms with Gasteiger partial charge in [-0.05, 0) is 38.7 Å². The van der Waals surface area contributed by atoms with Crippen molar-refractivity contribution in [1.82, 2.24) is 25.5 Å². The fraction of sp³-hybridized carbons (Fsp3) is 0.875. The quantitative estimate of drug-likeness (QED) is 0.718. The van der Waals surface area contributed by atoms with Crippen LogP contribution in [0.3, 0.4) is 0 Å². The minimum absolute atomic E-state index is 0.579. The van der Waals surface area contributed by atoms with Gasteiger partial charge in [0, 0.05) is 5.25 Å². The van der Waals surface area contributed by atoms with Crippen molar-refractivity contribution in [3.05, 3.63) is 0 Å². The Labute approximate surface area is 88.6 Å². The summed E-state index contributed by atoms with van der Waals surface area (Å²) in [6, 6.07) is 0. The second-order valence-corrected chi connectivity index (χ2v) is 4.70. The van der Waals surface area contributed by atoms with Crippen LogP contribution in [0.2, 0.25) is 0 Å². The maximum Gasteiger partial charge on any atom is 0.231 e. The van der Waals surface area contributed by atoms with Crippen LogP contribution in [-0.2, 0) is 0 Å². The van der Waals surface area contributed by atoms with Crippen LogP contribution >= 0.6 is 11.8 Å². The summed E-state index contributed by atoms with van der Waals surface area (Å²) in [6.45, 7) is 3.29. The van der Waals surface area contributed by atoms with Crippen LogP contribution in [-0.4, -0.2) is 51.4 Å². The van der Waals surface area contributed by atoms with E-state index in [4.69, 9.17) is 0 Å². The van der Waals surface area contributed by atoms with Crippen molar-refractivity contribution in [3.63, 3.8) is 0 Å². The lowest BCUT2D eigenvalue weighted by Gasteiger charge is -2.15. The Morgan fingerprint density at radius 2 is 2.29 bits per heavy atom. The monoisotopic (exact) mass is 215 g/mol. The summed E-state index contributed by atoms with van der Waals surface area (Å²) in [5.74, 6) is 0. The predicted octanol–water partition coefficient (Wildman–Crippen LogP) is 1.02. The van der Waals surface area contributed by atoms with Gasteiger partial charge in [-0.25, -0.2) is 0 Å². The van der Waals surface area contributed by atoms with E-state index in [0.29, 0.717) is 5.25 Å². The van der Waals surface area contributed by atoms with Crippen molar-refractivity contribution in [2.24, 2.45) is 0 Å². The van der Waals surface area contributed by atoms with E-state index in [9.17, 15) is 0 Å². The summed E-state index contributed by atoms with van der Waals surface area (Å²) in [7, 11) is 4.18. The van der Waals surface area contributed by atoms with E-state index < -0.39 is 0 Å². The molecule has 0 saturated heterocycles. The number of aromatic nitrogens is 4. The van der Waals surface area contributed by atoms with E-state index in [1.54, 1.807) is 11.8 Å². The largest absolute Gasteiger partial charge is 0.309 e. The summed E-state index contributed by atoms with van der Waals surface area (Å²) in [5, 5.41) is 15.2. The molecule has 14 heavy (non-hydrogen) atoms. The van der Waals surface area contributed by atoms with Gasteiger partial charge in [0.05, 0.1) is 0 Å². The van der Waals surface area contributed by atoms with Gasteiger partial charge in [-0.1, -0.05) is 18.7 Å². The van der Waals surface area contributed by atoms with E-state index in [0.717, 1.165) is 24.5 Å². The molecule has 0 radical (unpaired) electrons. The number of aromatic amines is 1. The Kier molecular flexibility index (Phi) is 4.89. The van der Waals surface area contributed by atoms with E-state index in [1.165, 1.54) is 0 Å². The third kappa shape index (κ3) is 4.06. The second kappa shape index (κ2) is 5.98. The molecule has 6 heteroatoms.